The van der Waals surface area contributed by atoms with Crippen LogP contribution in [0.4, 0.5) is 0 Å². The maximum Gasteiger partial charge on any atom is 0.119 e. The first kappa shape index (κ1) is 16.6. The molecular weight excluding hydrogens is 282 g/mol. The molecule has 0 aliphatic carbocycles. The molecule has 2 atom stereocenters. The van der Waals surface area contributed by atoms with Gasteiger partial charge in [-0.25, -0.2) is 0 Å². The molecule has 2 unspecified atom stereocenters. The van der Waals surface area contributed by atoms with E-state index in [2.05, 4.69) is 19.2 Å². The van der Waals surface area contributed by atoms with E-state index in [1.807, 2.05) is 11.8 Å². The first-order chi connectivity index (χ1) is 9.11. The van der Waals surface area contributed by atoms with Gasteiger partial charge in [-0.1, -0.05) is 18.5 Å². The van der Waals surface area contributed by atoms with Crippen molar-refractivity contribution in [2.24, 2.45) is 0 Å². The second-order valence-electron chi connectivity index (χ2n) is 4.39. The SMILES string of the molecule is CCSCC(C)NCC(O)COc1ccc(Cl)cc1. The van der Waals surface area contributed by atoms with Crippen LogP contribution in [0, 0.1) is 0 Å². The molecule has 0 saturated carbocycles. The molecule has 0 aliphatic heterocycles. The van der Waals surface area contributed by atoms with Gasteiger partial charge in [-0.15, -0.1) is 0 Å². The molecule has 0 fully saturated rings. The van der Waals surface area contributed by atoms with Gasteiger partial charge in [0.1, 0.15) is 18.5 Å². The van der Waals surface area contributed by atoms with E-state index >= 15 is 0 Å². The number of aliphatic hydroxyl groups is 1. The molecule has 19 heavy (non-hydrogen) atoms. The Morgan fingerprint density at radius 1 is 1.37 bits per heavy atom. The van der Waals surface area contributed by atoms with Gasteiger partial charge in [0.25, 0.3) is 0 Å². The second-order valence-corrected chi connectivity index (χ2v) is 6.14. The minimum Gasteiger partial charge on any atom is -0.491 e. The molecular formula is C14H22ClNO2S. The molecule has 0 aliphatic rings. The molecule has 0 spiro atoms. The van der Waals surface area contributed by atoms with E-state index in [4.69, 9.17) is 16.3 Å². The van der Waals surface area contributed by atoms with Crippen molar-refractivity contribution in [3.05, 3.63) is 29.3 Å². The van der Waals surface area contributed by atoms with Crippen molar-refractivity contribution < 1.29 is 9.84 Å². The average molecular weight is 304 g/mol. The zero-order valence-corrected chi connectivity index (χ0v) is 13.0. The average Bonchev–Trinajstić information content (AvgIpc) is 2.42. The third kappa shape index (κ3) is 7.67. The van der Waals surface area contributed by atoms with Crippen LogP contribution >= 0.6 is 23.4 Å². The fourth-order valence-electron chi connectivity index (χ4n) is 1.47. The molecule has 0 saturated heterocycles. The number of thioether (sulfide) groups is 1. The van der Waals surface area contributed by atoms with Crippen molar-refractivity contribution in [1.29, 1.82) is 0 Å². The standard InChI is InChI=1S/C14H22ClNO2S/c1-3-19-10-11(2)16-8-13(17)9-18-14-6-4-12(15)5-7-14/h4-7,11,13,16-17H,3,8-10H2,1-2H3. The lowest BCUT2D eigenvalue weighted by atomic mass is 10.3. The van der Waals surface area contributed by atoms with Crippen LogP contribution in [0.15, 0.2) is 24.3 Å². The number of halogens is 1. The van der Waals surface area contributed by atoms with E-state index in [1.165, 1.54) is 0 Å². The highest BCUT2D eigenvalue weighted by molar-refractivity contribution is 7.99. The number of hydrogen-bond acceptors (Lipinski definition) is 4. The molecule has 2 N–H and O–H groups in total. The van der Waals surface area contributed by atoms with Gasteiger partial charge in [0.15, 0.2) is 0 Å². The maximum absolute atomic E-state index is 9.82. The number of hydrogen-bond donors (Lipinski definition) is 2. The highest BCUT2D eigenvalue weighted by atomic mass is 35.5. The summed E-state index contributed by atoms with van der Waals surface area (Å²) in [6.07, 6.45) is -0.509. The summed E-state index contributed by atoms with van der Waals surface area (Å²) in [4.78, 5) is 0. The fourth-order valence-corrected chi connectivity index (χ4v) is 2.31. The molecule has 0 heterocycles. The molecule has 1 rings (SSSR count). The molecule has 0 aromatic heterocycles. The smallest absolute Gasteiger partial charge is 0.119 e. The van der Waals surface area contributed by atoms with Crippen LogP contribution in [0.2, 0.25) is 5.02 Å². The molecule has 108 valence electrons. The molecule has 1 aromatic carbocycles. The summed E-state index contributed by atoms with van der Waals surface area (Å²) in [5.74, 6) is 2.90. The van der Waals surface area contributed by atoms with Gasteiger partial charge in [-0.2, -0.15) is 11.8 Å². The third-order valence-electron chi connectivity index (χ3n) is 2.53. The van der Waals surface area contributed by atoms with E-state index in [1.54, 1.807) is 24.3 Å². The normalized spacial score (nSPS) is 14.1. The molecule has 0 amide bonds. The Labute approximate surface area is 124 Å². The van der Waals surface area contributed by atoms with E-state index in [-0.39, 0.29) is 6.61 Å². The summed E-state index contributed by atoms with van der Waals surface area (Å²) >= 11 is 7.68. The third-order valence-corrected chi connectivity index (χ3v) is 3.93. The van der Waals surface area contributed by atoms with Crippen molar-refractivity contribution in [3.8, 4) is 5.75 Å². The lowest BCUT2D eigenvalue weighted by Crippen LogP contribution is -2.37. The van der Waals surface area contributed by atoms with Gasteiger partial charge in [0.2, 0.25) is 0 Å². The largest absolute Gasteiger partial charge is 0.491 e. The second kappa shape index (κ2) is 9.48. The van der Waals surface area contributed by atoms with Crippen LogP contribution in [0.25, 0.3) is 0 Å². The number of benzene rings is 1. The molecule has 5 heteroatoms. The van der Waals surface area contributed by atoms with Crippen LogP contribution < -0.4 is 10.1 Å². The zero-order valence-electron chi connectivity index (χ0n) is 11.4. The Morgan fingerprint density at radius 3 is 2.68 bits per heavy atom. The highest BCUT2D eigenvalue weighted by Gasteiger charge is 2.08. The van der Waals surface area contributed by atoms with Crippen LogP contribution in [-0.2, 0) is 0 Å². The first-order valence-electron chi connectivity index (χ1n) is 6.49. The van der Waals surface area contributed by atoms with Gasteiger partial charge in [-0.05, 0) is 36.9 Å². The van der Waals surface area contributed by atoms with E-state index < -0.39 is 6.10 Å². The van der Waals surface area contributed by atoms with Crippen LogP contribution in [0.3, 0.4) is 0 Å². The van der Waals surface area contributed by atoms with E-state index in [0.29, 0.717) is 17.6 Å². The summed E-state index contributed by atoms with van der Waals surface area (Å²) < 4.78 is 5.48. The van der Waals surface area contributed by atoms with Gasteiger partial charge in [-0.3, -0.25) is 0 Å². The summed E-state index contributed by atoms with van der Waals surface area (Å²) in [5, 5.41) is 13.8. The number of aliphatic hydroxyl groups excluding tert-OH is 1. The summed E-state index contributed by atoms with van der Waals surface area (Å²) in [5.41, 5.74) is 0. The fraction of sp³-hybridized carbons (Fsp3) is 0.571. The highest BCUT2D eigenvalue weighted by Crippen LogP contribution is 2.15. The first-order valence-corrected chi connectivity index (χ1v) is 8.02. The van der Waals surface area contributed by atoms with Crippen molar-refractivity contribution in [3.63, 3.8) is 0 Å². The zero-order chi connectivity index (χ0) is 14.1. The number of nitrogens with one attached hydrogen (secondary N) is 1. The summed E-state index contributed by atoms with van der Waals surface area (Å²) in [6.45, 7) is 5.09. The minimum atomic E-state index is -0.509. The molecule has 3 nitrogen and oxygen atoms in total. The topological polar surface area (TPSA) is 41.5 Å². The van der Waals surface area contributed by atoms with Crippen LogP contribution in [0.5, 0.6) is 5.75 Å². The minimum absolute atomic E-state index is 0.280. The Kier molecular flexibility index (Phi) is 8.30. The predicted molar refractivity (Wildman–Crippen MR) is 83.4 cm³/mol. The Morgan fingerprint density at radius 2 is 2.05 bits per heavy atom. The van der Waals surface area contributed by atoms with E-state index in [9.17, 15) is 5.11 Å². The van der Waals surface area contributed by atoms with Gasteiger partial charge in [0.05, 0.1) is 0 Å². The molecule has 0 radical (unpaired) electrons. The van der Waals surface area contributed by atoms with Gasteiger partial charge >= 0.3 is 0 Å². The Balaban J connectivity index is 2.17. The monoisotopic (exact) mass is 303 g/mol. The predicted octanol–water partition coefficient (Wildman–Crippen LogP) is 2.81. The Bertz CT molecular complexity index is 348. The Hall–Kier alpha value is -0.420. The van der Waals surface area contributed by atoms with Crippen molar-refractivity contribution >= 4 is 23.4 Å². The van der Waals surface area contributed by atoms with Crippen molar-refractivity contribution in [2.45, 2.75) is 26.0 Å². The van der Waals surface area contributed by atoms with Crippen LogP contribution in [-0.4, -0.2) is 41.9 Å². The quantitative estimate of drug-likeness (QED) is 0.736. The maximum atomic E-state index is 9.82. The molecule has 1 aromatic rings. The van der Waals surface area contributed by atoms with Gasteiger partial charge in [0, 0.05) is 23.4 Å². The van der Waals surface area contributed by atoms with Crippen LogP contribution in [0.1, 0.15) is 13.8 Å². The number of rotatable bonds is 9. The lowest BCUT2D eigenvalue weighted by Gasteiger charge is -2.17. The van der Waals surface area contributed by atoms with Crippen molar-refractivity contribution in [1.82, 2.24) is 5.32 Å². The summed E-state index contributed by atoms with van der Waals surface area (Å²) in [6, 6.07) is 7.53. The van der Waals surface area contributed by atoms with Crippen molar-refractivity contribution in [2.75, 3.05) is 24.7 Å². The van der Waals surface area contributed by atoms with Gasteiger partial charge < -0.3 is 15.2 Å². The lowest BCUT2D eigenvalue weighted by molar-refractivity contribution is 0.105. The molecule has 0 bridgehead atoms. The summed E-state index contributed by atoms with van der Waals surface area (Å²) in [7, 11) is 0. The van der Waals surface area contributed by atoms with E-state index in [0.717, 1.165) is 17.3 Å². The number of ether oxygens (including phenoxy) is 1.